The molecule has 2 N–H and O–H groups in total. The molecule has 0 aliphatic heterocycles. The van der Waals surface area contributed by atoms with Crippen LogP contribution in [-0.4, -0.2) is 6.04 Å². The van der Waals surface area contributed by atoms with Gasteiger partial charge in [-0.25, -0.2) is 0 Å². The van der Waals surface area contributed by atoms with Gasteiger partial charge in [0.05, 0.1) is 0 Å². The van der Waals surface area contributed by atoms with E-state index in [1.807, 2.05) is 0 Å². The molecule has 0 saturated heterocycles. The minimum absolute atomic E-state index is 0.339. The molecule has 0 aliphatic rings. The van der Waals surface area contributed by atoms with Crippen LogP contribution >= 0.6 is 0 Å². The number of rotatable bonds is 6. The zero-order valence-electron chi connectivity index (χ0n) is 9.95. The summed E-state index contributed by atoms with van der Waals surface area (Å²) in [5.74, 6) is 0.689. The van der Waals surface area contributed by atoms with Crippen LogP contribution in [-0.2, 0) is 6.42 Å². The van der Waals surface area contributed by atoms with E-state index in [-0.39, 0.29) is 0 Å². The predicted molar refractivity (Wildman–Crippen MR) is 66.8 cm³/mol. The second kappa shape index (κ2) is 6.62. The van der Waals surface area contributed by atoms with Crippen LogP contribution in [0.3, 0.4) is 0 Å². The van der Waals surface area contributed by atoms with Crippen LogP contribution in [0.5, 0.6) is 0 Å². The van der Waals surface area contributed by atoms with Crippen molar-refractivity contribution in [1.29, 1.82) is 0 Å². The van der Waals surface area contributed by atoms with Gasteiger partial charge in [-0.05, 0) is 37.7 Å². The summed E-state index contributed by atoms with van der Waals surface area (Å²) >= 11 is 0. The second-order valence-electron chi connectivity index (χ2n) is 4.41. The summed E-state index contributed by atoms with van der Waals surface area (Å²) in [7, 11) is 0. The number of hydrogen-bond acceptors (Lipinski definition) is 1. The Balaban J connectivity index is 2.27. The molecule has 1 heteroatoms. The van der Waals surface area contributed by atoms with Gasteiger partial charge in [0.2, 0.25) is 0 Å². The van der Waals surface area contributed by atoms with Crippen LogP contribution in [0.25, 0.3) is 0 Å². The summed E-state index contributed by atoms with van der Waals surface area (Å²) in [6.45, 7) is 4.35. The van der Waals surface area contributed by atoms with Gasteiger partial charge in [-0.2, -0.15) is 0 Å². The second-order valence-corrected chi connectivity index (χ2v) is 4.41. The normalized spacial score (nSPS) is 14.9. The highest BCUT2D eigenvalue weighted by atomic mass is 14.6. The SMILES string of the molecule is CCC(CCCc1ccccc1)C(C)N. The van der Waals surface area contributed by atoms with Gasteiger partial charge < -0.3 is 5.73 Å². The van der Waals surface area contributed by atoms with Gasteiger partial charge in [-0.15, -0.1) is 0 Å². The Morgan fingerprint density at radius 2 is 1.87 bits per heavy atom. The molecule has 2 atom stereocenters. The molecule has 1 aromatic rings. The molecule has 0 bridgehead atoms. The first-order valence-corrected chi connectivity index (χ1v) is 6.03. The Morgan fingerprint density at radius 3 is 2.40 bits per heavy atom. The van der Waals surface area contributed by atoms with E-state index in [9.17, 15) is 0 Å². The monoisotopic (exact) mass is 205 g/mol. The fourth-order valence-electron chi connectivity index (χ4n) is 2.05. The van der Waals surface area contributed by atoms with Crippen molar-refractivity contribution < 1.29 is 0 Å². The molecule has 0 aromatic heterocycles. The van der Waals surface area contributed by atoms with Crippen molar-refractivity contribution >= 4 is 0 Å². The smallest absolute Gasteiger partial charge is 0.00386 e. The molecular weight excluding hydrogens is 182 g/mol. The minimum atomic E-state index is 0.339. The summed E-state index contributed by atoms with van der Waals surface area (Å²) in [5, 5.41) is 0. The number of aryl methyl sites for hydroxylation is 1. The maximum atomic E-state index is 5.93. The molecule has 1 rings (SSSR count). The van der Waals surface area contributed by atoms with E-state index in [1.54, 1.807) is 0 Å². The molecule has 0 heterocycles. The molecule has 2 unspecified atom stereocenters. The van der Waals surface area contributed by atoms with E-state index >= 15 is 0 Å². The molecule has 0 fully saturated rings. The molecule has 84 valence electrons. The fourth-order valence-corrected chi connectivity index (χ4v) is 2.05. The standard InChI is InChI=1S/C14H23N/c1-3-14(12(2)15)11-7-10-13-8-5-4-6-9-13/h4-6,8-9,12,14H,3,7,10-11,15H2,1-2H3. The molecular formula is C14H23N. The molecule has 0 aliphatic carbocycles. The predicted octanol–water partition coefficient (Wildman–Crippen LogP) is 3.38. The molecule has 0 amide bonds. The highest BCUT2D eigenvalue weighted by Gasteiger charge is 2.10. The van der Waals surface area contributed by atoms with Crippen LogP contribution in [0.1, 0.15) is 38.7 Å². The van der Waals surface area contributed by atoms with Crippen molar-refractivity contribution in [2.45, 2.75) is 45.6 Å². The highest BCUT2D eigenvalue weighted by molar-refractivity contribution is 5.14. The van der Waals surface area contributed by atoms with Crippen LogP contribution in [0, 0.1) is 5.92 Å². The van der Waals surface area contributed by atoms with Crippen molar-refractivity contribution in [2.75, 3.05) is 0 Å². The fraction of sp³-hybridized carbons (Fsp3) is 0.571. The van der Waals surface area contributed by atoms with Crippen molar-refractivity contribution in [3.05, 3.63) is 35.9 Å². The third kappa shape index (κ3) is 4.48. The van der Waals surface area contributed by atoms with Gasteiger partial charge in [0.15, 0.2) is 0 Å². The summed E-state index contributed by atoms with van der Waals surface area (Å²) < 4.78 is 0. The molecule has 1 nitrogen and oxygen atoms in total. The Kier molecular flexibility index (Phi) is 5.41. The van der Waals surface area contributed by atoms with Gasteiger partial charge in [0.1, 0.15) is 0 Å². The van der Waals surface area contributed by atoms with Gasteiger partial charge in [-0.1, -0.05) is 43.7 Å². The van der Waals surface area contributed by atoms with Crippen molar-refractivity contribution in [1.82, 2.24) is 0 Å². The Labute approximate surface area is 93.7 Å². The van der Waals surface area contributed by atoms with E-state index < -0.39 is 0 Å². The van der Waals surface area contributed by atoms with E-state index in [1.165, 1.54) is 31.2 Å². The lowest BCUT2D eigenvalue weighted by molar-refractivity contribution is 0.391. The minimum Gasteiger partial charge on any atom is -0.328 e. The lowest BCUT2D eigenvalue weighted by Crippen LogP contribution is -2.26. The first kappa shape index (κ1) is 12.3. The first-order chi connectivity index (χ1) is 7.24. The number of hydrogen-bond donors (Lipinski definition) is 1. The first-order valence-electron chi connectivity index (χ1n) is 6.03. The van der Waals surface area contributed by atoms with Crippen molar-refractivity contribution in [3.8, 4) is 0 Å². The lowest BCUT2D eigenvalue weighted by atomic mass is 9.92. The molecule has 0 radical (unpaired) electrons. The Bertz CT molecular complexity index is 253. The average molecular weight is 205 g/mol. The van der Waals surface area contributed by atoms with E-state index in [0.29, 0.717) is 12.0 Å². The Morgan fingerprint density at radius 1 is 1.20 bits per heavy atom. The summed E-state index contributed by atoms with van der Waals surface area (Å²) in [6, 6.07) is 11.0. The molecule has 1 aromatic carbocycles. The zero-order valence-corrected chi connectivity index (χ0v) is 9.95. The maximum absolute atomic E-state index is 5.93. The largest absolute Gasteiger partial charge is 0.328 e. The topological polar surface area (TPSA) is 26.0 Å². The molecule has 0 saturated carbocycles. The van der Waals surface area contributed by atoms with Crippen LogP contribution < -0.4 is 5.73 Å². The van der Waals surface area contributed by atoms with Crippen LogP contribution in [0.15, 0.2) is 30.3 Å². The summed E-state index contributed by atoms with van der Waals surface area (Å²) in [5.41, 5.74) is 7.37. The van der Waals surface area contributed by atoms with E-state index in [4.69, 9.17) is 5.73 Å². The van der Waals surface area contributed by atoms with Gasteiger partial charge >= 0.3 is 0 Å². The van der Waals surface area contributed by atoms with E-state index in [0.717, 1.165) is 0 Å². The summed E-state index contributed by atoms with van der Waals surface area (Å²) in [4.78, 5) is 0. The third-order valence-electron chi connectivity index (χ3n) is 3.15. The number of nitrogens with two attached hydrogens (primary N) is 1. The van der Waals surface area contributed by atoms with Gasteiger partial charge in [0.25, 0.3) is 0 Å². The Hall–Kier alpha value is -0.820. The van der Waals surface area contributed by atoms with Crippen molar-refractivity contribution in [2.24, 2.45) is 11.7 Å². The van der Waals surface area contributed by atoms with Crippen LogP contribution in [0.4, 0.5) is 0 Å². The van der Waals surface area contributed by atoms with E-state index in [2.05, 4.69) is 44.2 Å². The quantitative estimate of drug-likeness (QED) is 0.757. The lowest BCUT2D eigenvalue weighted by Gasteiger charge is -2.18. The van der Waals surface area contributed by atoms with Gasteiger partial charge in [0, 0.05) is 6.04 Å². The number of benzene rings is 1. The molecule has 15 heavy (non-hydrogen) atoms. The van der Waals surface area contributed by atoms with Crippen LogP contribution in [0.2, 0.25) is 0 Å². The van der Waals surface area contributed by atoms with Crippen molar-refractivity contribution in [3.63, 3.8) is 0 Å². The zero-order chi connectivity index (χ0) is 11.1. The van der Waals surface area contributed by atoms with Gasteiger partial charge in [-0.3, -0.25) is 0 Å². The molecule has 0 spiro atoms. The highest BCUT2D eigenvalue weighted by Crippen LogP contribution is 2.16. The summed E-state index contributed by atoms with van der Waals surface area (Å²) in [6.07, 6.45) is 4.89. The third-order valence-corrected chi connectivity index (χ3v) is 3.15. The average Bonchev–Trinajstić information content (AvgIpc) is 2.25. The maximum Gasteiger partial charge on any atom is 0.00386 e.